The lowest BCUT2D eigenvalue weighted by Gasteiger charge is -2.15. The molecule has 108 valence electrons. The Bertz CT molecular complexity index is 520. The molecule has 1 atom stereocenters. The number of nitrogens with one attached hydrogen (secondary N) is 1. The van der Waals surface area contributed by atoms with Crippen LogP contribution in [0.1, 0.15) is 6.42 Å². The zero-order chi connectivity index (χ0) is 15.1. The van der Waals surface area contributed by atoms with Gasteiger partial charge in [0.2, 0.25) is 5.91 Å². The van der Waals surface area contributed by atoms with Crippen LogP contribution in [0.4, 0.5) is 5.69 Å². The van der Waals surface area contributed by atoms with E-state index in [-0.39, 0.29) is 11.4 Å². The molecule has 0 aliphatic heterocycles. The number of halogens is 2. The van der Waals surface area contributed by atoms with Crippen LogP contribution in [0.5, 0.6) is 0 Å². The highest BCUT2D eigenvalue weighted by molar-refractivity contribution is 6.36. The zero-order valence-electron chi connectivity index (χ0n) is 10.6. The number of quaternary nitrogens is 1. The maximum absolute atomic E-state index is 11.8. The van der Waals surface area contributed by atoms with E-state index in [0.717, 1.165) is 0 Å². The summed E-state index contributed by atoms with van der Waals surface area (Å²) >= 11 is 11.6. The van der Waals surface area contributed by atoms with Crippen LogP contribution in [0, 0.1) is 0 Å². The Morgan fingerprint density at radius 2 is 2.15 bits per heavy atom. The lowest BCUT2D eigenvalue weighted by molar-refractivity contribution is -0.674. The highest BCUT2D eigenvalue weighted by Crippen LogP contribution is 2.25. The van der Waals surface area contributed by atoms with E-state index in [1.165, 1.54) is 11.4 Å². The fourth-order valence-corrected chi connectivity index (χ4v) is 1.97. The van der Waals surface area contributed by atoms with E-state index in [0.29, 0.717) is 17.3 Å². The molecule has 20 heavy (non-hydrogen) atoms. The molecule has 0 unspecified atom stereocenters. The highest BCUT2D eigenvalue weighted by Gasteiger charge is 2.18. The molecule has 1 amide bonds. The van der Waals surface area contributed by atoms with Gasteiger partial charge in [0.05, 0.1) is 29.6 Å². The van der Waals surface area contributed by atoms with Crippen LogP contribution in [0.3, 0.4) is 0 Å². The van der Waals surface area contributed by atoms with Crippen molar-refractivity contribution in [2.45, 2.75) is 12.5 Å². The van der Waals surface area contributed by atoms with Gasteiger partial charge < -0.3 is 20.5 Å². The second kappa shape index (κ2) is 7.89. The topological polar surface area (TPSA) is 85.8 Å². The van der Waals surface area contributed by atoms with Gasteiger partial charge in [-0.1, -0.05) is 29.8 Å². The van der Waals surface area contributed by atoms with Crippen molar-refractivity contribution in [3.63, 3.8) is 0 Å². The number of carbonyl (C=O) groups is 2. The predicted octanol–water partition coefficient (Wildman–Crippen LogP) is 0.190. The van der Waals surface area contributed by atoms with Crippen LogP contribution in [-0.4, -0.2) is 24.5 Å². The first kappa shape index (κ1) is 16.5. The summed E-state index contributed by atoms with van der Waals surface area (Å²) in [6, 6.07) is 3.63. The van der Waals surface area contributed by atoms with Crippen molar-refractivity contribution in [2.24, 2.45) is 0 Å². The van der Waals surface area contributed by atoms with Crippen molar-refractivity contribution in [1.82, 2.24) is 0 Å². The number of carbonyl (C=O) groups excluding carboxylic acids is 2. The number of hydrogen-bond acceptors (Lipinski definition) is 3. The summed E-state index contributed by atoms with van der Waals surface area (Å²) in [5, 5.41) is 15.6. The van der Waals surface area contributed by atoms with E-state index in [4.69, 9.17) is 23.2 Å². The number of carboxylic acids is 1. The Balaban J connectivity index is 2.65. The molecule has 0 fully saturated rings. The molecule has 0 spiro atoms. The van der Waals surface area contributed by atoms with E-state index in [1.54, 1.807) is 18.2 Å². The van der Waals surface area contributed by atoms with Crippen molar-refractivity contribution < 1.29 is 20.0 Å². The summed E-state index contributed by atoms with van der Waals surface area (Å²) < 4.78 is 0. The number of rotatable bonds is 7. The number of nitrogens with two attached hydrogens (primary N) is 1. The van der Waals surface area contributed by atoms with Crippen LogP contribution in [0.25, 0.3) is 0 Å². The van der Waals surface area contributed by atoms with Crippen LogP contribution >= 0.6 is 23.2 Å². The van der Waals surface area contributed by atoms with E-state index in [1.807, 2.05) is 0 Å². The number of amides is 1. The van der Waals surface area contributed by atoms with Gasteiger partial charge >= 0.3 is 0 Å². The molecule has 1 aromatic carbocycles. The largest absolute Gasteiger partial charge is 0.544 e. The summed E-state index contributed by atoms with van der Waals surface area (Å²) in [6.45, 7) is 3.87. The first-order valence-electron chi connectivity index (χ1n) is 5.84. The zero-order valence-corrected chi connectivity index (χ0v) is 12.1. The molecule has 3 N–H and O–H groups in total. The quantitative estimate of drug-likeness (QED) is 0.704. The van der Waals surface area contributed by atoms with Crippen molar-refractivity contribution in [3.8, 4) is 0 Å². The van der Waals surface area contributed by atoms with Crippen molar-refractivity contribution in [2.75, 3.05) is 11.9 Å². The van der Waals surface area contributed by atoms with Gasteiger partial charge in [0.1, 0.15) is 6.04 Å². The average Bonchev–Trinajstić information content (AvgIpc) is 2.37. The first-order chi connectivity index (χ1) is 9.43. The number of aliphatic carboxylic acids is 1. The van der Waals surface area contributed by atoms with Crippen molar-refractivity contribution in [1.29, 1.82) is 0 Å². The van der Waals surface area contributed by atoms with E-state index >= 15 is 0 Å². The fraction of sp³-hybridized carbons (Fsp3) is 0.231. The van der Waals surface area contributed by atoms with Crippen LogP contribution in [0.15, 0.2) is 30.9 Å². The van der Waals surface area contributed by atoms with Crippen LogP contribution < -0.4 is 15.7 Å². The molecule has 5 nitrogen and oxygen atoms in total. The highest BCUT2D eigenvalue weighted by atomic mass is 35.5. The first-order valence-corrected chi connectivity index (χ1v) is 6.59. The number of benzene rings is 1. The third kappa shape index (κ3) is 5.21. The molecule has 1 aromatic rings. The average molecular weight is 317 g/mol. The molecule has 0 radical (unpaired) electrons. The molecular formula is C13H14Cl2N2O3. The lowest BCUT2D eigenvalue weighted by atomic mass is 10.2. The Morgan fingerprint density at radius 3 is 2.70 bits per heavy atom. The van der Waals surface area contributed by atoms with E-state index in [2.05, 4.69) is 11.9 Å². The van der Waals surface area contributed by atoms with E-state index < -0.39 is 17.9 Å². The van der Waals surface area contributed by atoms with E-state index in [9.17, 15) is 14.7 Å². The minimum absolute atomic E-state index is 0.227. The van der Waals surface area contributed by atoms with Crippen molar-refractivity contribution >= 4 is 40.8 Å². The second-order valence-corrected chi connectivity index (χ2v) is 4.91. The van der Waals surface area contributed by atoms with Gasteiger partial charge in [-0.3, -0.25) is 4.79 Å². The Hall–Kier alpha value is -1.56. The second-order valence-electron chi connectivity index (χ2n) is 4.06. The molecule has 0 bridgehead atoms. The summed E-state index contributed by atoms with van der Waals surface area (Å²) in [7, 11) is 0. The maximum Gasteiger partial charge on any atom is 0.230 e. The monoisotopic (exact) mass is 316 g/mol. The van der Waals surface area contributed by atoms with Gasteiger partial charge in [-0.2, -0.15) is 0 Å². The standard InChI is InChI=1S/C13H14Cl2N2O3/c1-2-5-16-11(13(19)20)7-12(18)17-10-4-3-8(14)6-9(10)15/h2-4,6,11,16H,1,5,7H2,(H,17,18)(H,19,20)/t11-/m0/s1. The lowest BCUT2D eigenvalue weighted by Crippen LogP contribution is -2.93. The van der Waals surface area contributed by atoms with Gasteiger partial charge in [-0.05, 0) is 24.3 Å². The van der Waals surface area contributed by atoms with Gasteiger partial charge in [-0.25, -0.2) is 0 Å². The molecule has 0 saturated heterocycles. The minimum atomic E-state index is -1.30. The van der Waals surface area contributed by atoms with Crippen LogP contribution in [0.2, 0.25) is 10.0 Å². The molecule has 0 saturated carbocycles. The molecule has 7 heteroatoms. The fourth-order valence-electron chi connectivity index (χ4n) is 1.52. The third-order valence-electron chi connectivity index (χ3n) is 2.50. The SMILES string of the molecule is C=CC[NH2+][C@@H](CC(=O)Nc1ccc(Cl)cc1Cl)C(=O)[O-]. The molecule has 0 heterocycles. The smallest absolute Gasteiger partial charge is 0.230 e. The Kier molecular flexibility index (Phi) is 6.51. The summed E-state index contributed by atoms with van der Waals surface area (Å²) in [5.74, 6) is -1.77. The third-order valence-corrected chi connectivity index (χ3v) is 3.05. The summed E-state index contributed by atoms with van der Waals surface area (Å²) in [6.07, 6.45) is 1.32. The van der Waals surface area contributed by atoms with Gasteiger partial charge in [-0.15, -0.1) is 0 Å². The van der Waals surface area contributed by atoms with Crippen LogP contribution in [-0.2, 0) is 9.59 Å². The van der Waals surface area contributed by atoms with Gasteiger partial charge in [0.15, 0.2) is 0 Å². The van der Waals surface area contributed by atoms with Crippen molar-refractivity contribution in [3.05, 3.63) is 40.9 Å². The Morgan fingerprint density at radius 1 is 1.45 bits per heavy atom. The molecular weight excluding hydrogens is 303 g/mol. The van der Waals surface area contributed by atoms with Gasteiger partial charge in [0.25, 0.3) is 0 Å². The summed E-state index contributed by atoms with van der Waals surface area (Å²) in [4.78, 5) is 22.7. The predicted molar refractivity (Wildman–Crippen MR) is 75.5 cm³/mol. The molecule has 1 rings (SSSR count). The Labute approximate surface area is 126 Å². The maximum atomic E-state index is 11.8. The normalized spacial score (nSPS) is 11.7. The summed E-state index contributed by atoms with van der Waals surface area (Å²) in [5.41, 5.74) is 0.377. The molecule has 0 aliphatic carbocycles. The minimum Gasteiger partial charge on any atom is -0.544 e. The molecule has 0 aliphatic rings. The number of anilines is 1. The number of hydrogen-bond donors (Lipinski definition) is 2. The van der Waals surface area contributed by atoms with Gasteiger partial charge in [0, 0.05) is 5.02 Å². The number of carboxylic acid groups (broad SMARTS) is 1. The molecule has 0 aromatic heterocycles.